The minimum Gasteiger partial charge on any atom is -0.392 e. The molecule has 2 saturated heterocycles. The zero-order valence-electron chi connectivity index (χ0n) is 31.6. The molecule has 4 aromatic carbocycles. The van der Waals surface area contributed by atoms with Gasteiger partial charge < -0.3 is 24.8 Å². The molecule has 5 unspecified atom stereocenters. The molecule has 5 aromatic rings. The van der Waals surface area contributed by atoms with Crippen LogP contribution in [0.4, 0.5) is 11.6 Å². The van der Waals surface area contributed by atoms with Gasteiger partial charge in [-0.2, -0.15) is 4.72 Å². The summed E-state index contributed by atoms with van der Waals surface area (Å²) in [5, 5.41) is 12.6. The summed E-state index contributed by atoms with van der Waals surface area (Å²) in [6, 6.07) is 31.7. The van der Waals surface area contributed by atoms with Crippen molar-refractivity contribution in [1.82, 2.24) is 19.6 Å². The Kier molecular flexibility index (Phi) is 12.5. The Balaban J connectivity index is 1.06. The van der Waals surface area contributed by atoms with Gasteiger partial charge in [-0.3, -0.25) is 9.69 Å². The number of piperazine rings is 1. The van der Waals surface area contributed by atoms with Gasteiger partial charge in [0.2, 0.25) is 21.9 Å². The highest BCUT2D eigenvalue weighted by Crippen LogP contribution is 2.42. The third-order valence-electron chi connectivity index (χ3n) is 10.4. The molecule has 292 valence electrons. The fourth-order valence-corrected chi connectivity index (χ4v) is 8.33. The van der Waals surface area contributed by atoms with E-state index in [0.717, 1.165) is 59.9 Å². The summed E-state index contributed by atoms with van der Waals surface area (Å²) in [6.45, 7) is 8.01. The lowest BCUT2D eigenvalue weighted by molar-refractivity contribution is -0.276. The minimum atomic E-state index is -3.99. The number of ether oxygens (including phenoxy) is 2. The molecule has 56 heavy (non-hydrogen) atoms. The maximum atomic E-state index is 13.8. The topological polar surface area (TPSA) is 146 Å². The Morgan fingerprint density at radius 2 is 1.48 bits per heavy atom. The second kappa shape index (κ2) is 17.8. The fraction of sp³-hybridized carbons (Fsp3) is 0.326. The van der Waals surface area contributed by atoms with Crippen molar-refractivity contribution in [3.05, 3.63) is 149 Å². The smallest absolute Gasteiger partial charge is 0.242 e. The SMILES string of the molecule is Cc1ccc(S(=O)(=O)NC(Cc2ccccc2)C(=O)Nc2ccc(C3OC(CN4CCN(c5ncccn5)CC4)C(C)C(c4ccc(CO)cc4)O3)cc2)cc1. The number of benzene rings is 4. The highest BCUT2D eigenvalue weighted by Gasteiger charge is 2.39. The average molecular weight is 777 g/mol. The molecule has 2 fully saturated rings. The molecule has 0 bridgehead atoms. The molecular weight excluding hydrogens is 729 g/mol. The number of aryl methyl sites for hydroxylation is 1. The number of amides is 1. The lowest BCUT2D eigenvalue weighted by atomic mass is 9.90. The van der Waals surface area contributed by atoms with Crippen LogP contribution in [-0.2, 0) is 37.3 Å². The number of aliphatic hydroxyl groups excluding tert-OH is 1. The van der Waals surface area contributed by atoms with Crippen molar-refractivity contribution in [2.24, 2.45) is 5.92 Å². The van der Waals surface area contributed by atoms with E-state index in [1.807, 2.05) is 79.7 Å². The van der Waals surface area contributed by atoms with Gasteiger partial charge in [-0.05, 0) is 60.4 Å². The summed E-state index contributed by atoms with van der Waals surface area (Å²) in [6.07, 6.45) is 2.57. The van der Waals surface area contributed by atoms with Crippen molar-refractivity contribution < 1.29 is 27.8 Å². The van der Waals surface area contributed by atoms with Gasteiger partial charge in [0.25, 0.3) is 0 Å². The highest BCUT2D eigenvalue weighted by atomic mass is 32.2. The van der Waals surface area contributed by atoms with Crippen LogP contribution in [0.5, 0.6) is 0 Å². The van der Waals surface area contributed by atoms with Crippen LogP contribution in [0.2, 0.25) is 0 Å². The van der Waals surface area contributed by atoms with Crippen LogP contribution in [0.25, 0.3) is 0 Å². The van der Waals surface area contributed by atoms with Gasteiger partial charge in [0.15, 0.2) is 6.29 Å². The van der Waals surface area contributed by atoms with E-state index < -0.39 is 28.3 Å². The Hall–Kier alpha value is -5.02. The molecule has 0 aliphatic carbocycles. The fourth-order valence-electron chi connectivity index (χ4n) is 7.13. The lowest BCUT2D eigenvalue weighted by Crippen LogP contribution is -2.51. The van der Waals surface area contributed by atoms with Gasteiger partial charge in [-0.1, -0.05) is 91.3 Å². The van der Waals surface area contributed by atoms with E-state index in [4.69, 9.17) is 9.47 Å². The molecule has 7 rings (SSSR count). The predicted molar refractivity (Wildman–Crippen MR) is 214 cm³/mol. The van der Waals surface area contributed by atoms with Crippen molar-refractivity contribution in [3.63, 3.8) is 0 Å². The Morgan fingerprint density at radius 1 is 0.821 bits per heavy atom. The van der Waals surface area contributed by atoms with Crippen molar-refractivity contribution in [2.45, 2.75) is 56.3 Å². The van der Waals surface area contributed by atoms with Gasteiger partial charge in [0, 0.05) is 62.3 Å². The summed E-state index contributed by atoms with van der Waals surface area (Å²) >= 11 is 0. The lowest BCUT2D eigenvalue weighted by Gasteiger charge is -2.44. The second-order valence-electron chi connectivity index (χ2n) is 14.4. The van der Waals surface area contributed by atoms with Gasteiger partial charge in [-0.15, -0.1) is 0 Å². The Morgan fingerprint density at radius 3 is 2.14 bits per heavy atom. The van der Waals surface area contributed by atoms with Gasteiger partial charge in [-0.25, -0.2) is 18.4 Å². The third-order valence-corrected chi connectivity index (χ3v) is 11.9. The molecule has 5 atom stereocenters. The summed E-state index contributed by atoms with van der Waals surface area (Å²) in [5.41, 5.74) is 4.86. The molecule has 1 aromatic heterocycles. The second-order valence-corrected chi connectivity index (χ2v) is 16.2. The van der Waals surface area contributed by atoms with Crippen molar-refractivity contribution >= 4 is 27.6 Å². The number of nitrogens with one attached hydrogen (secondary N) is 2. The first-order valence-corrected chi connectivity index (χ1v) is 20.4. The number of anilines is 2. The number of carbonyl (C=O) groups is 1. The van der Waals surface area contributed by atoms with Crippen LogP contribution < -0.4 is 14.9 Å². The number of hydrogen-bond acceptors (Lipinski definition) is 10. The molecule has 0 saturated carbocycles. The summed E-state index contributed by atoms with van der Waals surface area (Å²) in [4.78, 5) is 27.3. The summed E-state index contributed by atoms with van der Waals surface area (Å²) in [5.74, 6) is 0.274. The van der Waals surface area contributed by atoms with Crippen molar-refractivity contribution in [3.8, 4) is 0 Å². The number of nitrogens with zero attached hydrogens (tertiary/aromatic N) is 4. The molecule has 13 heteroatoms. The van der Waals surface area contributed by atoms with E-state index in [-0.39, 0.29) is 36.0 Å². The van der Waals surface area contributed by atoms with Crippen LogP contribution in [0.15, 0.2) is 126 Å². The zero-order valence-corrected chi connectivity index (χ0v) is 32.4. The first-order valence-electron chi connectivity index (χ1n) is 18.9. The normalized spacial score (nSPS) is 21.0. The quantitative estimate of drug-likeness (QED) is 0.142. The molecule has 12 nitrogen and oxygen atoms in total. The maximum Gasteiger partial charge on any atom is 0.242 e. The number of sulfonamides is 1. The van der Waals surface area contributed by atoms with E-state index in [1.54, 1.807) is 36.7 Å². The van der Waals surface area contributed by atoms with E-state index in [9.17, 15) is 18.3 Å². The summed E-state index contributed by atoms with van der Waals surface area (Å²) < 4.78 is 42.8. The van der Waals surface area contributed by atoms with Gasteiger partial charge in [0.1, 0.15) is 6.04 Å². The van der Waals surface area contributed by atoms with E-state index >= 15 is 0 Å². The Labute approximate surface area is 328 Å². The number of aromatic nitrogens is 2. The highest BCUT2D eigenvalue weighted by molar-refractivity contribution is 7.89. The monoisotopic (exact) mass is 776 g/mol. The zero-order chi connectivity index (χ0) is 39.1. The number of hydrogen-bond donors (Lipinski definition) is 3. The molecular formula is C43H48N6O6S. The average Bonchev–Trinajstić information content (AvgIpc) is 3.23. The summed E-state index contributed by atoms with van der Waals surface area (Å²) in [7, 11) is -3.99. The van der Waals surface area contributed by atoms with Crippen LogP contribution in [0, 0.1) is 12.8 Å². The molecule has 2 aliphatic heterocycles. The van der Waals surface area contributed by atoms with Gasteiger partial charge in [0.05, 0.1) is 23.7 Å². The van der Waals surface area contributed by atoms with Crippen LogP contribution in [-0.4, -0.2) is 79.2 Å². The largest absolute Gasteiger partial charge is 0.392 e. The molecule has 0 radical (unpaired) electrons. The number of carbonyl (C=O) groups excluding carboxylic acids is 1. The van der Waals surface area contributed by atoms with E-state index in [2.05, 4.69) is 36.7 Å². The molecule has 3 heterocycles. The molecule has 0 spiro atoms. The van der Waals surface area contributed by atoms with E-state index in [0.29, 0.717) is 12.2 Å². The minimum absolute atomic E-state index is 0.0190. The molecule has 2 aliphatic rings. The van der Waals surface area contributed by atoms with E-state index in [1.165, 1.54) is 12.1 Å². The third kappa shape index (κ3) is 9.67. The van der Waals surface area contributed by atoms with Gasteiger partial charge >= 0.3 is 0 Å². The first kappa shape index (κ1) is 39.2. The Bertz CT molecular complexity index is 2130. The maximum absolute atomic E-state index is 13.8. The van der Waals surface area contributed by atoms with Crippen LogP contribution in [0.3, 0.4) is 0 Å². The molecule has 1 amide bonds. The van der Waals surface area contributed by atoms with Crippen molar-refractivity contribution in [2.75, 3.05) is 42.9 Å². The first-order chi connectivity index (χ1) is 27.1. The number of rotatable bonds is 13. The van der Waals surface area contributed by atoms with Crippen molar-refractivity contribution in [1.29, 1.82) is 0 Å². The number of aliphatic hydroxyl groups is 1. The molecule has 3 N–H and O–H groups in total. The predicted octanol–water partition coefficient (Wildman–Crippen LogP) is 5.42. The van der Waals surface area contributed by atoms with Crippen LogP contribution in [0.1, 0.15) is 47.1 Å². The van der Waals surface area contributed by atoms with Crippen LogP contribution >= 0.6 is 0 Å². The standard InChI is InChI=1S/C43H48N6O6S/c1-30-9-19-37(20-10-30)56(52,53)47-38(27-32-7-4-3-5-8-32)41(51)46-36-17-15-35(16-18-36)42-54-39(31(2)40(55-42)34-13-11-33(29-50)12-14-34)28-48-23-25-49(26-24-48)43-44-21-6-22-45-43/h3-22,31,38-40,42,47,50H,23-29H2,1-2H3,(H,46,51).